The van der Waals surface area contributed by atoms with E-state index >= 15 is 0 Å². The summed E-state index contributed by atoms with van der Waals surface area (Å²) in [6.45, 7) is 8.16. The predicted octanol–water partition coefficient (Wildman–Crippen LogP) is 5.39. The summed E-state index contributed by atoms with van der Waals surface area (Å²) in [5.41, 5.74) is 5.48. The predicted molar refractivity (Wildman–Crippen MR) is 94.5 cm³/mol. The molecule has 2 nitrogen and oxygen atoms in total. The maximum atomic E-state index is 11.1. The highest BCUT2D eigenvalue weighted by Crippen LogP contribution is 2.32. The van der Waals surface area contributed by atoms with Crippen molar-refractivity contribution in [2.24, 2.45) is 0 Å². The Kier molecular flexibility index (Phi) is 5.41. The zero-order valence-corrected chi connectivity index (χ0v) is 15.0. The molecule has 22 heavy (non-hydrogen) atoms. The van der Waals surface area contributed by atoms with E-state index < -0.39 is 0 Å². The summed E-state index contributed by atoms with van der Waals surface area (Å²) in [4.78, 5) is 11.1. The van der Waals surface area contributed by atoms with Crippen LogP contribution < -0.4 is 4.74 Å². The first-order valence-corrected chi connectivity index (χ1v) is 8.45. The molecule has 2 rings (SSSR count). The van der Waals surface area contributed by atoms with Gasteiger partial charge in [0, 0.05) is 11.2 Å². The minimum Gasteiger partial charge on any atom is -0.457 e. The van der Waals surface area contributed by atoms with Crippen LogP contribution in [0.2, 0.25) is 0 Å². The molecule has 1 unspecified atom stereocenters. The first kappa shape index (κ1) is 16.8. The van der Waals surface area contributed by atoms with E-state index in [0.29, 0.717) is 5.33 Å². The third-order valence-electron chi connectivity index (χ3n) is 3.66. The fourth-order valence-corrected chi connectivity index (χ4v) is 3.20. The first-order valence-electron chi connectivity index (χ1n) is 7.33. The van der Waals surface area contributed by atoms with Gasteiger partial charge in [-0.2, -0.15) is 0 Å². The molecule has 116 valence electrons. The minimum atomic E-state index is -0.118. The molecule has 0 aromatic heterocycles. The molecule has 0 spiro atoms. The number of carbonyl (C=O) groups excluding carboxylic acids is 1. The van der Waals surface area contributed by atoms with Gasteiger partial charge in [-0.05, 0) is 67.6 Å². The number of ether oxygens (including phenoxy) is 1. The van der Waals surface area contributed by atoms with E-state index in [0.717, 1.165) is 34.5 Å². The van der Waals surface area contributed by atoms with Crippen molar-refractivity contribution in [1.82, 2.24) is 0 Å². The number of hydrogen-bond donors (Lipinski definition) is 0. The van der Waals surface area contributed by atoms with Crippen molar-refractivity contribution in [1.29, 1.82) is 0 Å². The monoisotopic (exact) mass is 360 g/mol. The van der Waals surface area contributed by atoms with Gasteiger partial charge in [0.05, 0.1) is 0 Å². The van der Waals surface area contributed by atoms with E-state index in [1.165, 1.54) is 11.1 Å². The summed E-state index contributed by atoms with van der Waals surface area (Å²) in [6.07, 6.45) is 0.980. The fraction of sp³-hybridized carbons (Fsp3) is 0.316. The lowest BCUT2D eigenvalue weighted by molar-refractivity contribution is -0.108. The largest absolute Gasteiger partial charge is 0.457 e. The highest BCUT2D eigenvalue weighted by atomic mass is 79.9. The van der Waals surface area contributed by atoms with E-state index in [1.54, 1.807) is 0 Å². The third-order valence-corrected chi connectivity index (χ3v) is 4.35. The van der Waals surface area contributed by atoms with E-state index in [-0.39, 0.29) is 5.92 Å². The lowest BCUT2D eigenvalue weighted by Gasteiger charge is -2.16. The number of carbonyl (C=O) groups is 1. The SMILES string of the molecule is Cc1cc(C)cc(Oc2c(C)cc(C(C=O)CBr)cc2C)c1. The number of aryl methyl sites for hydroxylation is 4. The van der Waals surface area contributed by atoms with Crippen LogP contribution in [0.4, 0.5) is 0 Å². The molecule has 2 aromatic rings. The molecule has 0 bridgehead atoms. The van der Waals surface area contributed by atoms with Gasteiger partial charge >= 0.3 is 0 Å². The van der Waals surface area contributed by atoms with Crippen LogP contribution in [0.15, 0.2) is 30.3 Å². The smallest absolute Gasteiger partial charge is 0.133 e. The van der Waals surface area contributed by atoms with Crippen molar-refractivity contribution >= 4 is 22.2 Å². The zero-order valence-electron chi connectivity index (χ0n) is 13.4. The number of hydrogen-bond acceptors (Lipinski definition) is 2. The second kappa shape index (κ2) is 7.10. The molecule has 0 saturated heterocycles. The van der Waals surface area contributed by atoms with Crippen LogP contribution in [0.3, 0.4) is 0 Å². The lowest BCUT2D eigenvalue weighted by atomic mass is 9.97. The molecular weight excluding hydrogens is 340 g/mol. The Morgan fingerprint density at radius 3 is 2.00 bits per heavy atom. The normalized spacial score (nSPS) is 12.0. The van der Waals surface area contributed by atoms with Crippen molar-refractivity contribution in [3.05, 3.63) is 58.1 Å². The van der Waals surface area contributed by atoms with Gasteiger partial charge in [-0.25, -0.2) is 0 Å². The number of alkyl halides is 1. The zero-order chi connectivity index (χ0) is 16.3. The summed E-state index contributed by atoms with van der Waals surface area (Å²) in [5.74, 6) is 1.60. The molecule has 3 heteroatoms. The topological polar surface area (TPSA) is 26.3 Å². The summed E-state index contributed by atoms with van der Waals surface area (Å²) < 4.78 is 6.10. The molecule has 0 aliphatic heterocycles. The van der Waals surface area contributed by atoms with Gasteiger partial charge in [-0.1, -0.05) is 34.1 Å². The van der Waals surface area contributed by atoms with Crippen LogP contribution in [0.25, 0.3) is 0 Å². The Labute approximate surface area is 140 Å². The standard InChI is InChI=1S/C19H21BrO2/c1-12-5-13(2)7-18(6-12)22-19-14(3)8-16(9-15(19)4)17(10-20)11-21/h5-9,11,17H,10H2,1-4H3. The molecule has 0 aliphatic carbocycles. The number of aldehydes is 1. The molecule has 0 fully saturated rings. The van der Waals surface area contributed by atoms with Gasteiger partial charge in [-0.15, -0.1) is 0 Å². The highest BCUT2D eigenvalue weighted by molar-refractivity contribution is 9.09. The molecule has 0 amide bonds. The summed E-state index contributed by atoms with van der Waals surface area (Å²) in [5, 5.41) is 0.632. The lowest BCUT2D eigenvalue weighted by Crippen LogP contribution is -2.03. The van der Waals surface area contributed by atoms with Gasteiger partial charge in [-0.3, -0.25) is 0 Å². The summed E-state index contributed by atoms with van der Waals surface area (Å²) in [7, 11) is 0. The number of benzene rings is 2. The maximum absolute atomic E-state index is 11.1. The average molecular weight is 361 g/mol. The van der Waals surface area contributed by atoms with Crippen LogP contribution in [-0.4, -0.2) is 11.6 Å². The van der Waals surface area contributed by atoms with Crippen molar-refractivity contribution in [3.8, 4) is 11.5 Å². The molecule has 0 heterocycles. The molecule has 0 N–H and O–H groups in total. The van der Waals surface area contributed by atoms with E-state index in [1.807, 2.05) is 38.1 Å². The van der Waals surface area contributed by atoms with Crippen LogP contribution in [0, 0.1) is 27.7 Å². The van der Waals surface area contributed by atoms with Gasteiger partial charge < -0.3 is 9.53 Å². The van der Waals surface area contributed by atoms with Gasteiger partial charge in [0.15, 0.2) is 0 Å². The molecular formula is C19H21BrO2. The first-order chi connectivity index (χ1) is 10.4. The molecule has 2 aromatic carbocycles. The van der Waals surface area contributed by atoms with Crippen molar-refractivity contribution in [2.75, 3.05) is 5.33 Å². The van der Waals surface area contributed by atoms with E-state index in [9.17, 15) is 4.79 Å². The van der Waals surface area contributed by atoms with Crippen molar-refractivity contribution < 1.29 is 9.53 Å². The van der Waals surface area contributed by atoms with Crippen molar-refractivity contribution in [2.45, 2.75) is 33.6 Å². The number of halogens is 1. The van der Waals surface area contributed by atoms with Gasteiger partial charge in [0.1, 0.15) is 17.8 Å². The third kappa shape index (κ3) is 3.77. The van der Waals surface area contributed by atoms with Crippen molar-refractivity contribution in [3.63, 3.8) is 0 Å². The second-order valence-electron chi connectivity index (χ2n) is 5.81. The number of rotatable bonds is 5. The minimum absolute atomic E-state index is 0.118. The van der Waals surface area contributed by atoms with Crippen LogP contribution in [0.5, 0.6) is 11.5 Å². The fourth-order valence-electron chi connectivity index (χ4n) is 2.67. The summed E-state index contributed by atoms with van der Waals surface area (Å²) >= 11 is 3.39. The van der Waals surface area contributed by atoms with Crippen LogP contribution in [-0.2, 0) is 4.79 Å². The Morgan fingerprint density at radius 1 is 1.00 bits per heavy atom. The molecule has 1 atom stereocenters. The Morgan fingerprint density at radius 2 is 1.55 bits per heavy atom. The Hall–Kier alpha value is -1.61. The molecule has 0 saturated carbocycles. The molecule has 0 aliphatic rings. The highest BCUT2D eigenvalue weighted by Gasteiger charge is 2.14. The maximum Gasteiger partial charge on any atom is 0.133 e. The summed E-state index contributed by atoms with van der Waals surface area (Å²) in [6, 6.07) is 10.3. The van der Waals surface area contributed by atoms with E-state index in [2.05, 4.69) is 35.8 Å². The van der Waals surface area contributed by atoms with Crippen LogP contribution in [0.1, 0.15) is 33.7 Å². The Balaban J connectivity index is 2.38. The van der Waals surface area contributed by atoms with Gasteiger partial charge in [0.25, 0.3) is 0 Å². The van der Waals surface area contributed by atoms with Crippen LogP contribution >= 0.6 is 15.9 Å². The van der Waals surface area contributed by atoms with Gasteiger partial charge in [0.2, 0.25) is 0 Å². The Bertz CT molecular complexity index is 649. The molecule has 0 radical (unpaired) electrons. The second-order valence-corrected chi connectivity index (χ2v) is 6.45. The van der Waals surface area contributed by atoms with E-state index in [4.69, 9.17) is 4.74 Å². The average Bonchev–Trinajstić information content (AvgIpc) is 2.43. The quantitative estimate of drug-likeness (QED) is 0.527.